The first-order chi connectivity index (χ1) is 14.5. The van der Waals surface area contributed by atoms with Gasteiger partial charge in [-0.15, -0.1) is 0 Å². The number of hydrogen-bond acceptors (Lipinski definition) is 6. The van der Waals surface area contributed by atoms with Crippen LogP contribution in [0.4, 0.5) is 17.6 Å². The lowest BCUT2D eigenvalue weighted by Gasteiger charge is -2.14. The minimum atomic E-state index is -4.97. The number of carbonyl (C=O) groups excluding carboxylic acids is 1. The van der Waals surface area contributed by atoms with Gasteiger partial charge in [0.25, 0.3) is 5.56 Å². The number of nitrogens with one attached hydrogen (secondary N) is 1. The molecule has 0 radical (unpaired) electrons. The van der Waals surface area contributed by atoms with Crippen molar-refractivity contribution in [3.05, 3.63) is 67.4 Å². The molecule has 1 aromatic heterocycles. The number of nitrogens with zero attached hydrogens (tertiary/aromatic N) is 1. The molecule has 13 heteroatoms. The molecule has 1 aromatic carbocycles. The third kappa shape index (κ3) is 6.14. The number of H-pyrrole nitrogens is 1. The number of alkyl halides is 3. The summed E-state index contributed by atoms with van der Waals surface area (Å²) in [6.45, 7) is 1.47. The van der Waals surface area contributed by atoms with Crippen molar-refractivity contribution in [2.75, 3.05) is 19.5 Å². The number of hydrogen-bond donors (Lipinski definition) is 1. The molecule has 2 aromatic rings. The molecule has 31 heavy (non-hydrogen) atoms. The van der Waals surface area contributed by atoms with E-state index < -0.39 is 34.6 Å². The highest BCUT2D eigenvalue weighted by Crippen LogP contribution is 2.30. The maximum atomic E-state index is 14.4. The smallest absolute Gasteiger partial charge is 0.431 e. The van der Waals surface area contributed by atoms with E-state index in [2.05, 4.69) is 0 Å². The maximum absolute atomic E-state index is 14.4. The molecule has 0 amide bonds. The summed E-state index contributed by atoms with van der Waals surface area (Å²) in [6.07, 6.45) is -3.79. The largest absolute Gasteiger partial charge is 0.497 e. The average Bonchev–Trinajstić information content (AvgIpc) is 2.66. The molecule has 0 aliphatic rings. The van der Waals surface area contributed by atoms with Gasteiger partial charge in [-0.05, 0) is 11.8 Å². The molecule has 0 spiro atoms. The van der Waals surface area contributed by atoms with Gasteiger partial charge in [-0.1, -0.05) is 30.3 Å². The van der Waals surface area contributed by atoms with Crippen LogP contribution in [0.1, 0.15) is 12.6 Å². The lowest BCUT2D eigenvalue weighted by molar-refractivity contribution is -0.141. The van der Waals surface area contributed by atoms with Gasteiger partial charge in [0.05, 0.1) is 17.8 Å². The second-order valence-electron chi connectivity index (χ2n) is 5.75. The molecule has 7 nitrogen and oxygen atoms in total. The number of carbonyl (C=O) groups is 1. The molecule has 0 saturated heterocycles. The van der Waals surface area contributed by atoms with E-state index in [0.29, 0.717) is 5.75 Å². The SMILES string of the molecule is CCSC(=O)/C=C(\COc1cc(-n2c(=O)cc(C(F)(F)F)[nH]c2=O)c(F)cc1Cl)OC. The number of ether oxygens (including phenoxy) is 2. The zero-order chi connectivity index (χ0) is 23.3. The van der Waals surface area contributed by atoms with Crippen LogP contribution in [-0.4, -0.2) is 34.1 Å². The number of thioether (sulfide) groups is 1. The summed E-state index contributed by atoms with van der Waals surface area (Å²) < 4.78 is 63.2. The zero-order valence-corrected chi connectivity index (χ0v) is 17.6. The third-order valence-electron chi connectivity index (χ3n) is 3.68. The Morgan fingerprint density at radius 3 is 2.52 bits per heavy atom. The minimum absolute atomic E-state index is 0.109. The number of halogens is 5. The van der Waals surface area contributed by atoms with Gasteiger partial charge in [-0.25, -0.2) is 13.8 Å². The van der Waals surface area contributed by atoms with Crippen molar-refractivity contribution in [2.24, 2.45) is 0 Å². The summed E-state index contributed by atoms with van der Waals surface area (Å²) in [7, 11) is 1.29. The molecule has 0 saturated carbocycles. The normalized spacial score (nSPS) is 12.0. The predicted molar refractivity (Wildman–Crippen MR) is 106 cm³/mol. The molecular formula is C18H15ClF4N2O5S. The molecule has 1 N–H and O–H groups in total. The molecule has 0 atom stereocenters. The first-order valence-electron chi connectivity index (χ1n) is 8.45. The fourth-order valence-electron chi connectivity index (χ4n) is 2.30. The van der Waals surface area contributed by atoms with Crippen LogP contribution in [0.2, 0.25) is 5.02 Å². The van der Waals surface area contributed by atoms with Crippen LogP contribution in [0, 0.1) is 5.82 Å². The zero-order valence-electron chi connectivity index (χ0n) is 16.0. The van der Waals surface area contributed by atoms with Crippen molar-refractivity contribution < 1.29 is 31.8 Å². The fraction of sp³-hybridized carbons (Fsp3) is 0.278. The standard InChI is InChI=1S/C18H15ClF4N2O5S/c1-3-31-16(27)4-9(29-2)8-30-13-6-12(11(20)5-10(13)19)25-15(26)7-14(18(21,22)23)24-17(25)28/h4-7H,3,8H2,1-2H3,(H,24,28)/b9-4+. The van der Waals surface area contributed by atoms with Crippen molar-refractivity contribution in [1.82, 2.24) is 9.55 Å². The van der Waals surface area contributed by atoms with Gasteiger partial charge >= 0.3 is 11.9 Å². The molecule has 0 aliphatic carbocycles. The third-order valence-corrected chi connectivity index (χ3v) is 4.66. The number of methoxy groups -OCH3 is 1. The summed E-state index contributed by atoms with van der Waals surface area (Å²) in [5, 5.41) is -0.543. The molecular weight excluding hydrogens is 468 g/mol. The predicted octanol–water partition coefficient (Wildman–Crippen LogP) is 3.53. The van der Waals surface area contributed by atoms with Gasteiger partial charge in [-0.2, -0.15) is 13.2 Å². The van der Waals surface area contributed by atoms with Crippen molar-refractivity contribution >= 4 is 28.5 Å². The maximum Gasteiger partial charge on any atom is 0.431 e. The molecule has 2 rings (SSSR count). The van der Waals surface area contributed by atoms with Crippen LogP contribution in [0.15, 0.2) is 39.6 Å². The van der Waals surface area contributed by atoms with Crippen molar-refractivity contribution in [3.8, 4) is 11.4 Å². The Morgan fingerprint density at radius 1 is 1.29 bits per heavy atom. The lowest BCUT2D eigenvalue weighted by Crippen LogP contribution is -2.36. The van der Waals surface area contributed by atoms with E-state index in [1.165, 1.54) is 18.2 Å². The average molecular weight is 483 g/mol. The second-order valence-corrected chi connectivity index (χ2v) is 7.42. The van der Waals surface area contributed by atoms with Gasteiger partial charge in [0.15, 0.2) is 0 Å². The summed E-state index contributed by atoms with van der Waals surface area (Å²) in [4.78, 5) is 37.3. The molecule has 1 heterocycles. The van der Waals surface area contributed by atoms with Gasteiger partial charge in [-0.3, -0.25) is 9.59 Å². The number of rotatable bonds is 7. The topological polar surface area (TPSA) is 90.4 Å². The summed E-state index contributed by atoms with van der Waals surface area (Å²) in [5.74, 6) is -0.710. The highest BCUT2D eigenvalue weighted by molar-refractivity contribution is 8.14. The lowest BCUT2D eigenvalue weighted by atomic mass is 10.2. The van der Waals surface area contributed by atoms with Crippen LogP contribution in [-0.2, 0) is 15.7 Å². The number of aromatic amines is 1. The second kappa shape index (κ2) is 10.1. The highest BCUT2D eigenvalue weighted by Gasteiger charge is 2.33. The number of benzene rings is 1. The van der Waals surface area contributed by atoms with Gasteiger partial charge in [0.2, 0.25) is 5.12 Å². The highest BCUT2D eigenvalue weighted by atomic mass is 35.5. The van der Waals surface area contributed by atoms with Crippen LogP contribution < -0.4 is 16.0 Å². The Balaban J connectivity index is 2.44. The van der Waals surface area contributed by atoms with E-state index in [1.54, 1.807) is 6.92 Å². The van der Waals surface area contributed by atoms with Gasteiger partial charge < -0.3 is 14.5 Å². The molecule has 0 aliphatic heterocycles. The molecule has 168 valence electrons. The van der Waals surface area contributed by atoms with Crippen LogP contribution in [0.3, 0.4) is 0 Å². The van der Waals surface area contributed by atoms with Gasteiger partial charge in [0.1, 0.15) is 29.6 Å². The monoisotopic (exact) mass is 482 g/mol. The fourth-order valence-corrected chi connectivity index (χ4v) is 3.00. The van der Waals surface area contributed by atoms with E-state index in [4.69, 9.17) is 21.1 Å². The molecule has 0 fully saturated rings. The van der Waals surface area contributed by atoms with E-state index in [9.17, 15) is 31.9 Å². The van der Waals surface area contributed by atoms with E-state index in [1.807, 2.05) is 0 Å². The van der Waals surface area contributed by atoms with Crippen molar-refractivity contribution in [2.45, 2.75) is 13.1 Å². The van der Waals surface area contributed by atoms with Crippen LogP contribution >= 0.6 is 23.4 Å². The Kier molecular flexibility index (Phi) is 7.96. The Bertz CT molecular complexity index is 1100. The summed E-state index contributed by atoms with van der Waals surface area (Å²) in [5.41, 5.74) is -5.18. The van der Waals surface area contributed by atoms with Crippen LogP contribution in [0.25, 0.3) is 5.69 Å². The summed E-state index contributed by atoms with van der Waals surface area (Å²) >= 11 is 6.94. The summed E-state index contributed by atoms with van der Waals surface area (Å²) in [6, 6.07) is 1.72. The molecule has 0 unspecified atom stereocenters. The van der Waals surface area contributed by atoms with E-state index in [-0.39, 0.29) is 38.9 Å². The first-order valence-corrected chi connectivity index (χ1v) is 9.81. The van der Waals surface area contributed by atoms with Gasteiger partial charge in [0, 0.05) is 18.2 Å². The Hall–Kier alpha value is -2.73. The van der Waals surface area contributed by atoms with E-state index >= 15 is 0 Å². The Labute approximate surface area is 181 Å². The Morgan fingerprint density at radius 2 is 1.97 bits per heavy atom. The van der Waals surface area contributed by atoms with Crippen molar-refractivity contribution in [3.63, 3.8) is 0 Å². The van der Waals surface area contributed by atoms with Crippen LogP contribution in [0.5, 0.6) is 5.75 Å². The quantitative estimate of drug-likeness (QED) is 0.369. The van der Waals surface area contributed by atoms with Crippen molar-refractivity contribution in [1.29, 1.82) is 0 Å². The molecule has 0 bridgehead atoms. The van der Waals surface area contributed by atoms with E-state index in [0.717, 1.165) is 23.9 Å². The first kappa shape index (κ1) is 24.5. The minimum Gasteiger partial charge on any atom is -0.497 e. The number of aromatic nitrogens is 2.